The quantitative estimate of drug-likeness (QED) is 0.702. The monoisotopic (exact) mass is 229 g/mol. The van der Waals surface area contributed by atoms with E-state index in [0.717, 1.165) is 32.3 Å². The van der Waals surface area contributed by atoms with Crippen LogP contribution in [0.1, 0.15) is 32.1 Å². The summed E-state index contributed by atoms with van der Waals surface area (Å²) in [6.45, 7) is 1.94. The number of hydrogen-bond acceptors (Lipinski definition) is 4. The van der Waals surface area contributed by atoms with Gasteiger partial charge in [-0.25, -0.2) is 0 Å². The predicted octanol–water partition coefficient (Wildman–Crippen LogP) is 0.672. The van der Waals surface area contributed by atoms with Gasteiger partial charge in [-0.1, -0.05) is 0 Å². The van der Waals surface area contributed by atoms with Crippen molar-refractivity contribution in [2.24, 2.45) is 11.7 Å². The van der Waals surface area contributed by atoms with Crippen molar-refractivity contribution in [2.75, 3.05) is 26.4 Å². The number of nitrogens with two attached hydrogens (primary N) is 1. The van der Waals surface area contributed by atoms with Gasteiger partial charge in [-0.05, 0) is 38.0 Å². The molecule has 3 N–H and O–H groups in total. The lowest BCUT2D eigenvalue weighted by Crippen LogP contribution is -2.50. The molecule has 0 amide bonds. The highest BCUT2D eigenvalue weighted by molar-refractivity contribution is 4.98. The van der Waals surface area contributed by atoms with Crippen LogP contribution in [-0.4, -0.2) is 43.2 Å². The van der Waals surface area contributed by atoms with Gasteiger partial charge in [0, 0.05) is 6.61 Å². The average molecular weight is 229 g/mol. The first kappa shape index (κ1) is 12.3. The van der Waals surface area contributed by atoms with Gasteiger partial charge in [0.15, 0.2) is 0 Å². The molecule has 0 aromatic carbocycles. The maximum Gasteiger partial charge on any atom is 0.0808 e. The summed E-state index contributed by atoms with van der Waals surface area (Å²) in [5.74, 6) is 0.449. The highest BCUT2D eigenvalue weighted by Gasteiger charge is 2.42. The van der Waals surface area contributed by atoms with E-state index in [-0.39, 0.29) is 12.7 Å². The average Bonchev–Trinajstić information content (AvgIpc) is 3.14. The van der Waals surface area contributed by atoms with Crippen molar-refractivity contribution in [1.82, 2.24) is 0 Å². The van der Waals surface area contributed by atoms with E-state index in [2.05, 4.69) is 0 Å². The minimum absolute atomic E-state index is 0.0171. The Hall–Kier alpha value is -0.160. The van der Waals surface area contributed by atoms with Crippen LogP contribution in [0.3, 0.4) is 0 Å². The molecule has 0 radical (unpaired) electrons. The molecular formula is C12H23NO3. The zero-order valence-electron chi connectivity index (χ0n) is 9.86. The van der Waals surface area contributed by atoms with Gasteiger partial charge in [-0.2, -0.15) is 0 Å². The zero-order chi connectivity index (χ0) is 11.4. The standard InChI is InChI=1S/C12H23NO3/c13-12(8-14,10-4-5-10)9-15-7-11-3-1-2-6-16-11/h10-11,14H,1-9,13H2. The van der Waals surface area contributed by atoms with Crippen molar-refractivity contribution in [3.8, 4) is 0 Å². The molecule has 4 heteroatoms. The van der Waals surface area contributed by atoms with Crippen LogP contribution in [0.5, 0.6) is 0 Å². The molecule has 4 nitrogen and oxygen atoms in total. The van der Waals surface area contributed by atoms with Crippen molar-refractivity contribution < 1.29 is 14.6 Å². The second kappa shape index (κ2) is 5.45. The van der Waals surface area contributed by atoms with Crippen molar-refractivity contribution in [3.05, 3.63) is 0 Å². The number of aliphatic hydroxyl groups excluding tert-OH is 1. The van der Waals surface area contributed by atoms with Gasteiger partial charge in [0.25, 0.3) is 0 Å². The Morgan fingerprint density at radius 1 is 1.31 bits per heavy atom. The van der Waals surface area contributed by atoms with Crippen LogP contribution in [0.15, 0.2) is 0 Å². The Morgan fingerprint density at radius 3 is 2.69 bits per heavy atom. The third-order valence-corrected chi connectivity index (χ3v) is 3.63. The molecule has 0 spiro atoms. The van der Waals surface area contributed by atoms with E-state index in [1.807, 2.05) is 0 Å². The summed E-state index contributed by atoms with van der Waals surface area (Å²) < 4.78 is 11.2. The van der Waals surface area contributed by atoms with Crippen LogP contribution < -0.4 is 5.73 Å². The summed E-state index contributed by atoms with van der Waals surface area (Å²) >= 11 is 0. The fraction of sp³-hybridized carbons (Fsp3) is 1.00. The Kier molecular flexibility index (Phi) is 4.19. The second-order valence-corrected chi connectivity index (χ2v) is 5.17. The summed E-state index contributed by atoms with van der Waals surface area (Å²) in [4.78, 5) is 0. The predicted molar refractivity (Wildman–Crippen MR) is 61.1 cm³/mol. The van der Waals surface area contributed by atoms with Gasteiger partial charge in [-0.15, -0.1) is 0 Å². The Morgan fingerprint density at radius 2 is 2.12 bits per heavy atom. The lowest BCUT2D eigenvalue weighted by Gasteiger charge is -2.29. The van der Waals surface area contributed by atoms with Crippen LogP contribution in [0, 0.1) is 5.92 Å². The minimum atomic E-state index is -0.519. The molecular weight excluding hydrogens is 206 g/mol. The highest BCUT2D eigenvalue weighted by Crippen LogP contribution is 2.38. The molecule has 1 saturated carbocycles. The van der Waals surface area contributed by atoms with E-state index in [4.69, 9.17) is 15.2 Å². The van der Waals surface area contributed by atoms with E-state index in [1.165, 1.54) is 6.42 Å². The molecule has 16 heavy (non-hydrogen) atoms. The summed E-state index contributed by atoms with van der Waals surface area (Å²) in [5.41, 5.74) is 5.58. The fourth-order valence-corrected chi connectivity index (χ4v) is 2.27. The van der Waals surface area contributed by atoms with Gasteiger partial charge in [0.05, 0.1) is 31.5 Å². The molecule has 94 valence electrons. The molecule has 0 aromatic rings. The molecule has 0 aromatic heterocycles. The molecule has 0 bridgehead atoms. The van der Waals surface area contributed by atoms with Crippen molar-refractivity contribution in [1.29, 1.82) is 0 Å². The van der Waals surface area contributed by atoms with Crippen molar-refractivity contribution in [2.45, 2.75) is 43.7 Å². The zero-order valence-corrected chi connectivity index (χ0v) is 9.86. The first-order valence-electron chi connectivity index (χ1n) is 6.34. The maximum absolute atomic E-state index is 9.30. The lowest BCUT2D eigenvalue weighted by atomic mass is 9.97. The molecule has 2 atom stereocenters. The number of aliphatic hydroxyl groups is 1. The van der Waals surface area contributed by atoms with Crippen LogP contribution in [-0.2, 0) is 9.47 Å². The van der Waals surface area contributed by atoms with Gasteiger partial charge < -0.3 is 20.3 Å². The van der Waals surface area contributed by atoms with Crippen LogP contribution in [0.2, 0.25) is 0 Å². The summed E-state index contributed by atoms with van der Waals surface area (Å²) in [6, 6.07) is 0. The van der Waals surface area contributed by atoms with E-state index in [9.17, 15) is 5.11 Å². The molecule has 2 unspecified atom stereocenters. The van der Waals surface area contributed by atoms with Crippen molar-refractivity contribution in [3.63, 3.8) is 0 Å². The Labute approximate surface area is 97.1 Å². The number of ether oxygens (including phenoxy) is 2. The van der Waals surface area contributed by atoms with Crippen LogP contribution in [0.4, 0.5) is 0 Å². The molecule has 2 rings (SSSR count). The molecule has 1 saturated heterocycles. The lowest BCUT2D eigenvalue weighted by molar-refractivity contribution is -0.0554. The molecule has 1 aliphatic heterocycles. The number of hydrogen-bond donors (Lipinski definition) is 2. The summed E-state index contributed by atoms with van der Waals surface area (Å²) in [5, 5.41) is 9.30. The topological polar surface area (TPSA) is 64.7 Å². The molecule has 2 fully saturated rings. The normalized spacial score (nSPS) is 30.0. The van der Waals surface area contributed by atoms with E-state index in [0.29, 0.717) is 19.1 Å². The fourth-order valence-electron chi connectivity index (χ4n) is 2.27. The van der Waals surface area contributed by atoms with E-state index < -0.39 is 5.54 Å². The van der Waals surface area contributed by atoms with Crippen LogP contribution in [0.25, 0.3) is 0 Å². The summed E-state index contributed by atoms with van der Waals surface area (Å²) in [7, 11) is 0. The minimum Gasteiger partial charge on any atom is -0.394 e. The summed E-state index contributed by atoms with van der Waals surface area (Å²) in [6.07, 6.45) is 5.96. The molecule has 1 aliphatic carbocycles. The first-order chi connectivity index (χ1) is 7.74. The van der Waals surface area contributed by atoms with Gasteiger partial charge >= 0.3 is 0 Å². The molecule has 1 heterocycles. The van der Waals surface area contributed by atoms with Crippen molar-refractivity contribution >= 4 is 0 Å². The Bertz CT molecular complexity index is 214. The second-order valence-electron chi connectivity index (χ2n) is 5.17. The largest absolute Gasteiger partial charge is 0.394 e. The third kappa shape index (κ3) is 3.17. The SMILES string of the molecule is NC(CO)(COCC1CCCCO1)C1CC1. The number of rotatable bonds is 6. The van der Waals surface area contributed by atoms with E-state index in [1.54, 1.807) is 0 Å². The van der Waals surface area contributed by atoms with Gasteiger partial charge in [-0.3, -0.25) is 0 Å². The van der Waals surface area contributed by atoms with E-state index >= 15 is 0 Å². The van der Waals surface area contributed by atoms with Crippen LogP contribution >= 0.6 is 0 Å². The molecule has 2 aliphatic rings. The third-order valence-electron chi connectivity index (χ3n) is 3.63. The first-order valence-corrected chi connectivity index (χ1v) is 6.34. The Balaban J connectivity index is 1.65. The van der Waals surface area contributed by atoms with Gasteiger partial charge in [0.2, 0.25) is 0 Å². The smallest absolute Gasteiger partial charge is 0.0808 e. The maximum atomic E-state index is 9.30. The highest BCUT2D eigenvalue weighted by atomic mass is 16.5. The van der Waals surface area contributed by atoms with Gasteiger partial charge in [0.1, 0.15) is 0 Å².